The molecule has 22 N–H and O–H groups in total. The smallest absolute Gasteiger partial charge is 1.00 e. The zero-order valence-corrected chi connectivity index (χ0v) is 12.6. The number of nitrogens with one attached hydrogen (secondary N) is 1. The maximum Gasteiger partial charge on any atom is 3.00 e. The molecule has 0 saturated heterocycles. The van der Waals surface area contributed by atoms with Gasteiger partial charge in [-0.1, -0.05) is 0 Å². The Hall–Kier alpha value is 0.240. The van der Waals surface area contributed by atoms with Gasteiger partial charge >= 0.3 is 37.9 Å². The van der Waals surface area contributed by atoms with Crippen LogP contribution in [0, 0.1) is 0 Å². The summed E-state index contributed by atoms with van der Waals surface area (Å²) in [6, 6.07) is -1.88. The Labute approximate surface area is 134 Å². The molecule has 0 aliphatic heterocycles. The third-order valence-electron chi connectivity index (χ3n) is 0.246. The molecule has 4 amide bonds. The van der Waals surface area contributed by atoms with Gasteiger partial charge in [0.05, 0.1) is 0 Å². The van der Waals surface area contributed by atoms with Gasteiger partial charge in [0, 0.05) is 0 Å². The van der Waals surface area contributed by atoms with Crippen molar-refractivity contribution in [3.05, 3.63) is 0 Å². The molecule has 0 spiro atoms. The third-order valence-corrected chi connectivity index (χ3v) is 0.246. The molecule has 0 atom stereocenters. The number of carbonyl (C=O) groups excluding carboxylic acids is 2. The predicted octanol–water partition coefficient (Wildman–Crippen LogP) is -15.7. The first kappa shape index (κ1) is 117. The number of amides is 4. The van der Waals surface area contributed by atoms with Crippen molar-refractivity contribution in [2.24, 2.45) is 11.5 Å². The number of nitrogens with two attached hydrogens (primary N) is 2. The molecule has 0 aromatic rings. The van der Waals surface area contributed by atoms with Crippen LogP contribution >= 0.6 is 0 Å². The Bertz CT molecular complexity index is 110. The number of halogens is 3. The standard InChI is InChI=1S/C2H5N3O2.3ClH.6H2O.Sc/c3-1(6)5-2(4)7;;;;;;;;;;/h(H5,3,4,5,6,7);3*1H;6*1H2;/q;;;;;;;;;;+3/p+2. The summed E-state index contributed by atoms with van der Waals surface area (Å²) in [5.41, 5.74) is 8.88. The summed E-state index contributed by atoms with van der Waals surface area (Å²) in [6.07, 6.45) is 0. The molecule has 112 valence electrons. The van der Waals surface area contributed by atoms with Crippen LogP contribution in [-0.4, -0.2) is 17.5 Å². The Balaban J connectivity index is -0.00000000400. The molecule has 0 radical (unpaired) electrons. The van der Waals surface area contributed by atoms with E-state index < -0.39 is 12.1 Å². The van der Waals surface area contributed by atoms with Crippen molar-refractivity contribution in [1.82, 2.24) is 5.32 Å². The summed E-state index contributed by atoms with van der Waals surface area (Å²) in [5, 5.41) is 1.58. The van der Waals surface area contributed by atoms with E-state index in [-0.39, 0.29) is 95.9 Å². The van der Waals surface area contributed by atoms with Crippen LogP contribution in [0.5, 0.6) is 0 Å². The Kier molecular flexibility index (Phi) is 494. The number of urea groups is 2. The van der Waals surface area contributed by atoms with Crippen LogP contribution in [0.4, 0.5) is 9.59 Å². The maximum absolute atomic E-state index is 9.62. The van der Waals surface area contributed by atoms with Crippen LogP contribution < -0.4 is 54.0 Å². The average Bonchev–Trinajstić information content (AvgIpc) is 1.27. The fourth-order valence-electron chi connectivity index (χ4n) is 0.121. The van der Waals surface area contributed by atoms with E-state index >= 15 is 0 Å². The van der Waals surface area contributed by atoms with Gasteiger partial charge in [0.15, 0.2) is 0 Å². The van der Waals surface area contributed by atoms with Crippen molar-refractivity contribution in [3.8, 4) is 0 Å². The Morgan fingerprint density at radius 3 is 0.824 bits per heavy atom. The van der Waals surface area contributed by atoms with Crippen molar-refractivity contribution >= 4 is 12.1 Å². The van der Waals surface area contributed by atoms with Gasteiger partial charge in [-0.15, -0.1) is 0 Å². The first-order chi connectivity index (χ1) is 3.13. The van der Waals surface area contributed by atoms with Crippen LogP contribution in [0.25, 0.3) is 0 Å². The molecule has 0 aliphatic carbocycles. The van der Waals surface area contributed by atoms with E-state index in [9.17, 15) is 9.59 Å². The molecular formula is C2H22Cl3N3O8Sc+5. The van der Waals surface area contributed by atoms with Crippen molar-refractivity contribution in [2.75, 3.05) is 0 Å². The number of hydrogen-bond donors (Lipinski definition) is 3. The minimum absolute atomic E-state index is 0. The number of primary amides is 2. The normalized spacial score (nSPS) is 3.06. The minimum atomic E-state index is -0.938. The van der Waals surface area contributed by atoms with Crippen molar-refractivity contribution in [2.45, 2.75) is 0 Å². The fourth-order valence-corrected chi connectivity index (χ4v) is 0.121. The van der Waals surface area contributed by atoms with Crippen LogP contribution in [0.1, 0.15) is 0 Å². The summed E-state index contributed by atoms with van der Waals surface area (Å²) in [4.78, 5) is 19.2. The molecule has 0 unspecified atom stereocenters. The third kappa shape index (κ3) is 183. The van der Waals surface area contributed by atoms with E-state index in [0.29, 0.717) is 0 Å². The SMILES string of the molecule is NC(=O)NC(N)=O.O.[Cl-].[Cl-].[Cl-].[OH3+].[OH3+].[OH3+].[OH3+].[OH3+].[Sc+3]. The van der Waals surface area contributed by atoms with Gasteiger partial charge < -0.3 is 81.5 Å². The fraction of sp³-hybridized carbons (Fsp3) is 0. The molecular weight excluding hydrogens is 345 g/mol. The van der Waals surface area contributed by atoms with E-state index in [1.165, 1.54) is 0 Å². The Morgan fingerprint density at radius 2 is 0.824 bits per heavy atom. The van der Waals surface area contributed by atoms with Gasteiger partial charge in [-0.05, 0) is 0 Å². The summed E-state index contributed by atoms with van der Waals surface area (Å²) in [7, 11) is 0. The molecule has 0 rings (SSSR count). The van der Waals surface area contributed by atoms with Gasteiger partial charge in [0.2, 0.25) is 0 Å². The number of imide groups is 1. The average molecular weight is 368 g/mol. The predicted molar refractivity (Wildman–Crippen MR) is 50.3 cm³/mol. The number of rotatable bonds is 0. The monoisotopic (exact) mass is 366 g/mol. The van der Waals surface area contributed by atoms with Crippen LogP contribution in [0.2, 0.25) is 0 Å². The molecule has 0 aromatic heterocycles. The molecule has 0 fully saturated rings. The van der Waals surface area contributed by atoms with Crippen LogP contribution in [-0.2, 0) is 53.2 Å². The molecule has 0 aliphatic rings. The van der Waals surface area contributed by atoms with Gasteiger partial charge in [-0.2, -0.15) is 0 Å². The molecule has 0 bridgehead atoms. The molecule has 15 heteroatoms. The van der Waals surface area contributed by atoms with Crippen LogP contribution in [0.3, 0.4) is 0 Å². The van der Waals surface area contributed by atoms with Crippen LogP contribution in [0.15, 0.2) is 0 Å². The van der Waals surface area contributed by atoms with Gasteiger partial charge in [0.25, 0.3) is 0 Å². The largest absolute Gasteiger partial charge is 3.00 e. The second kappa shape index (κ2) is 72.0. The van der Waals surface area contributed by atoms with Gasteiger partial charge in [-0.3, -0.25) is 5.32 Å². The molecule has 11 nitrogen and oxygen atoms in total. The molecule has 0 saturated carbocycles. The van der Waals surface area contributed by atoms with E-state index in [2.05, 4.69) is 11.5 Å². The van der Waals surface area contributed by atoms with E-state index in [0.717, 1.165) is 0 Å². The zero-order valence-electron chi connectivity index (χ0n) is 8.57. The maximum atomic E-state index is 9.62. The van der Waals surface area contributed by atoms with E-state index in [4.69, 9.17) is 0 Å². The second-order valence-corrected chi connectivity index (χ2v) is 0.854. The summed E-state index contributed by atoms with van der Waals surface area (Å²) < 4.78 is 0. The van der Waals surface area contributed by atoms with Gasteiger partial charge in [-0.25, -0.2) is 9.59 Å². The molecule has 0 heterocycles. The molecule has 17 heavy (non-hydrogen) atoms. The zero-order chi connectivity index (χ0) is 5.86. The van der Waals surface area contributed by atoms with E-state index in [1.807, 2.05) is 0 Å². The summed E-state index contributed by atoms with van der Waals surface area (Å²) in [6.45, 7) is 0. The topological polar surface area (TPSA) is 295 Å². The van der Waals surface area contributed by atoms with Gasteiger partial charge in [0.1, 0.15) is 0 Å². The Morgan fingerprint density at radius 1 is 0.706 bits per heavy atom. The second-order valence-electron chi connectivity index (χ2n) is 0.854. The van der Waals surface area contributed by atoms with Crippen molar-refractivity contribution in [3.63, 3.8) is 0 Å². The van der Waals surface area contributed by atoms with Crippen molar-refractivity contribution < 1.29 is 106 Å². The number of carbonyl (C=O) groups is 2. The number of hydrogen-bond acceptors (Lipinski definition) is 2. The first-order valence-corrected chi connectivity index (χ1v) is 1.49. The van der Waals surface area contributed by atoms with Crippen molar-refractivity contribution in [1.29, 1.82) is 0 Å². The summed E-state index contributed by atoms with van der Waals surface area (Å²) in [5.74, 6) is 0. The minimum Gasteiger partial charge on any atom is -1.00 e. The summed E-state index contributed by atoms with van der Waals surface area (Å²) >= 11 is 0. The first-order valence-electron chi connectivity index (χ1n) is 1.49. The molecule has 0 aromatic carbocycles. The quantitative estimate of drug-likeness (QED) is 0.351. The van der Waals surface area contributed by atoms with E-state index in [1.54, 1.807) is 5.32 Å².